The van der Waals surface area contributed by atoms with E-state index in [2.05, 4.69) is 14.6 Å². The molecule has 3 heterocycles. The lowest BCUT2D eigenvalue weighted by Crippen LogP contribution is -2.26. The molecule has 0 saturated carbocycles. The zero-order valence-electron chi connectivity index (χ0n) is 11.1. The van der Waals surface area contributed by atoms with Gasteiger partial charge in [-0.2, -0.15) is 0 Å². The summed E-state index contributed by atoms with van der Waals surface area (Å²) < 4.78 is 3.00. The molecule has 3 rings (SSSR count). The Hall–Kier alpha value is -1.57. The maximum absolute atomic E-state index is 12.5. The Morgan fingerprint density at radius 1 is 1.55 bits per heavy atom. The molecule has 7 heteroatoms. The van der Waals surface area contributed by atoms with Crippen LogP contribution in [0.25, 0.3) is 10.2 Å². The summed E-state index contributed by atoms with van der Waals surface area (Å²) in [7, 11) is 1.99. The Labute approximate surface area is 125 Å². The first-order valence-electron chi connectivity index (χ1n) is 6.09. The van der Waals surface area contributed by atoms with Crippen molar-refractivity contribution in [3.8, 4) is 0 Å². The van der Waals surface area contributed by atoms with Crippen molar-refractivity contribution in [3.05, 3.63) is 34.5 Å². The van der Waals surface area contributed by atoms with E-state index in [9.17, 15) is 4.79 Å². The van der Waals surface area contributed by atoms with Gasteiger partial charge in [-0.15, -0.1) is 11.3 Å². The summed E-state index contributed by atoms with van der Waals surface area (Å²) in [5.41, 5.74) is 8.05. The number of nitrogen functional groups attached to an aromatic ring is 1. The highest BCUT2D eigenvalue weighted by Crippen LogP contribution is 2.33. The number of likely N-dealkylation sites (N-methyl/N-ethyl adjacent to an activating group) is 1. The van der Waals surface area contributed by atoms with Gasteiger partial charge in [0.15, 0.2) is 0 Å². The Kier molecular flexibility index (Phi) is 3.41. The number of anilines is 1. The van der Waals surface area contributed by atoms with Gasteiger partial charge in [-0.1, -0.05) is 0 Å². The molecule has 5 nitrogen and oxygen atoms in total. The number of rotatable bonds is 2. The van der Waals surface area contributed by atoms with Crippen LogP contribution in [-0.4, -0.2) is 28.8 Å². The Morgan fingerprint density at radius 3 is 3.05 bits per heavy atom. The quantitative estimate of drug-likeness (QED) is 0.834. The Bertz CT molecular complexity index is 722. The number of thiophene rings is 1. The van der Waals surface area contributed by atoms with E-state index >= 15 is 0 Å². The molecule has 1 aliphatic rings. The minimum Gasteiger partial charge on any atom is -0.390 e. The number of nitrogens with two attached hydrogens (primary N) is 1. The molecule has 0 atom stereocenters. The van der Waals surface area contributed by atoms with Gasteiger partial charge in [-0.3, -0.25) is 9.78 Å². The molecule has 0 radical (unpaired) electrons. The van der Waals surface area contributed by atoms with Crippen molar-refractivity contribution < 1.29 is 4.79 Å². The molecule has 0 bridgehead atoms. The van der Waals surface area contributed by atoms with E-state index in [4.69, 9.17) is 5.73 Å². The highest BCUT2D eigenvalue weighted by molar-refractivity contribution is 8.01. The molecule has 2 aromatic rings. The number of pyridine rings is 1. The first-order chi connectivity index (χ1) is 9.56. The first kappa shape index (κ1) is 13.4. The van der Waals surface area contributed by atoms with Crippen molar-refractivity contribution in [3.63, 3.8) is 0 Å². The fraction of sp³-hybridized carbons (Fsp3) is 0.231. The third-order valence-corrected chi connectivity index (χ3v) is 5.00. The number of hydrogen-bond donors (Lipinski definition) is 2. The molecule has 0 saturated heterocycles. The summed E-state index contributed by atoms with van der Waals surface area (Å²) in [6.07, 6.45) is 1.68. The molecular weight excluding hydrogens is 292 g/mol. The minimum atomic E-state index is -0.183. The lowest BCUT2D eigenvalue weighted by molar-refractivity contribution is 0.0967. The second-order valence-electron chi connectivity index (χ2n) is 4.56. The van der Waals surface area contributed by atoms with Gasteiger partial charge < -0.3 is 11.1 Å². The van der Waals surface area contributed by atoms with Crippen molar-refractivity contribution in [1.29, 1.82) is 0 Å². The summed E-state index contributed by atoms with van der Waals surface area (Å²) in [5.74, 6) is -0.183. The lowest BCUT2D eigenvalue weighted by atomic mass is 10.2. The van der Waals surface area contributed by atoms with Crippen LogP contribution in [0.15, 0.2) is 28.9 Å². The van der Waals surface area contributed by atoms with Gasteiger partial charge in [0.05, 0.1) is 16.8 Å². The van der Waals surface area contributed by atoms with Crippen molar-refractivity contribution in [2.45, 2.75) is 6.92 Å². The zero-order valence-corrected chi connectivity index (χ0v) is 12.8. The third-order valence-electron chi connectivity index (χ3n) is 3.06. The molecule has 0 fully saturated rings. The predicted molar refractivity (Wildman–Crippen MR) is 84.4 cm³/mol. The van der Waals surface area contributed by atoms with Crippen LogP contribution < -0.4 is 11.1 Å². The van der Waals surface area contributed by atoms with Crippen LogP contribution in [0.3, 0.4) is 0 Å². The smallest absolute Gasteiger partial charge is 0.260 e. The van der Waals surface area contributed by atoms with Crippen LogP contribution in [0.1, 0.15) is 17.3 Å². The normalized spacial score (nSPS) is 16.1. The Morgan fingerprint density at radius 2 is 2.35 bits per heavy atom. The predicted octanol–water partition coefficient (Wildman–Crippen LogP) is 2.43. The number of aromatic nitrogens is 1. The van der Waals surface area contributed by atoms with E-state index in [1.807, 2.05) is 26.1 Å². The summed E-state index contributed by atoms with van der Waals surface area (Å²) in [5, 5.41) is 3.47. The number of nitrogens with zero attached hydrogens (tertiary/aromatic N) is 2. The Balaban J connectivity index is 1.94. The molecule has 2 aromatic heterocycles. The average Bonchev–Trinajstić information content (AvgIpc) is 2.88. The highest BCUT2D eigenvalue weighted by atomic mass is 32.2. The van der Waals surface area contributed by atoms with Gasteiger partial charge in [0.1, 0.15) is 10.6 Å². The first-order valence-corrected chi connectivity index (χ1v) is 7.68. The largest absolute Gasteiger partial charge is 0.390 e. The van der Waals surface area contributed by atoms with Gasteiger partial charge in [0, 0.05) is 16.8 Å². The zero-order chi connectivity index (χ0) is 14.3. The van der Waals surface area contributed by atoms with Gasteiger partial charge in [-0.25, -0.2) is 4.31 Å². The summed E-state index contributed by atoms with van der Waals surface area (Å²) >= 11 is 3.02. The van der Waals surface area contributed by atoms with E-state index < -0.39 is 0 Å². The standard InChI is InChI=1S/C13H14N4OS2/c1-7-8(6-17(2)20-7)16-13(18)10-11-9(19-12(10)14)4-3-5-15-11/h3-5H,6,14H2,1-2H3,(H,16,18). The second-order valence-corrected chi connectivity index (χ2v) is 7.06. The number of amides is 1. The molecule has 1 amide bonds. The van der Waals surface area contributed by atoms with Crippen molar-refractivity contribution >= 4 is 44.4 Å². The number of carbonyl (C=O) groups is 1. The third kappa shape index (κ3) is 2.28. The number of carbonyl (C=O) groups excluding carboxylic acids is 1. The van der Waals surface area contributed by atoms with Crippen LogP contribution in [0.2, 0.25) is 0 Å². The molecule has 104 valence electrons. The summed E-state index contributed by atoms with van der Waals surface area (Å²) in [6.45, 7) is 2.72. The molecule has 20 heavy (non-hydrogen) atoms. The van der Waals surface area contributed by atoms with E-state index in [1.165, 1.54) is 11.3 Å². The molecular formula is C13H14N4OS2. The molecule has 0 aliphatic carbocycles. The fourth-order valence-electron chi connectivity index (χ4n) is 2.15. The van der Waals surface area contributed by atoms with E-state index in [0.29, 0.717) is 16.1 Å². The maximum atomic E-state index is 12.5. The summed E-state index contributed by atoms with van der Waals surface area (Å²) in [4.78, 5) is 17.8. The van der Waals surface area contributed by atoms with Crippen LogP contribution in [0.5, 0.6) is 0 Å². The molecule has 0 unspecified atom stereocenters. The second kappa shape index (κ2) is 5.08. The minimum absolute atomic E-state index is 0.183. The van der Waals surface area contributed by atoms with Crippen molar-refractivity contribution in [2.75, 3.05) is 19.3 Å². The van der Waals surface area contributed by atoms with Gasteiger partial charge in [0.2, 0.25) is 0 Å². The maximum Gasteiger partial charge on any atom is 0.260 e. The van der Waals surface area contributed by atoms with Gasteiger partial charge in [0.25, 0.3) is 5.91 Å². The number of fused-ring (bicyclic) bond motifs is 1. The topological polar surface area (TPSA) is 71.2 Å². The SMILES string of the molecule is CC1=C(NC(=O)c2c(N)sc3cccnc23)CN(C)S1. The summed E-state index contributed by atoms with van der Waals surface area (Å²) in [6, 6.07) is 3.76. The van der Waals surface area contributed by atoms with E-state index in [0.717, 1.165) is 21.8 Å². The van der Waals surface area contributed by atoms with Crippen molar-refractivity contribution in [2.24, 2.45) is 0 Å². The lowest BCUT2D eigenvalue weighted by Gasteiger charge is -2.08. The van der Waals surface area contributed by atoms with E-state index in [1.54, 1.807) is 18.1 Å². The molecule has 0 aromatic carbocycles. The number of nitrogens with one attached hydrogen (secondary N) is 1. The molecule has 3 N–H and O–H groups in total. The number of hydrogen-bond acceptors (Lipinski definition) is 6. The van der Waals surface area contributed by atoms with Crippen LogP contribution in [-0.2, 0) is 0 Å². The van der Waals surface area contributed by atoms with Gasteiger partial charge in [-0.05, 0) is 38.1 Å². The average molecular weight is 306 g/mol. The van der Waals surface area contributed by atoms with Crippen molar-refractivity contribution in [1.82, 2.24) is 14.6 Å². The van der Waals surface area contributed by atoms with Crippen LogP contribution >= 0.6 is 23.3 Å². The van der Waals surface area contributed by atoms with Crippen LogP contribution in [0.4, 0.5) is 5.00 Å². The van der Waals surface area contributed by atoms with Gasteiger partial charge >= 0.3 is 0 Å². The monoisotopic (exact) mass is 306 g/mol. The highest BCUT2D eigenvalue weighted by Gasteiger charge is 2.23. The van der Waals surface area contributed by atoms with Crippen LogP contribution in [0, 0.1) is 0 Å². The van der Waals surface area contributed by atoms with E-state index in [-0.39, 0.29) is 5.91 Å². The molecule has 0 spiro atoms. The fourth-order valence-corrected chi connectivity index (χ4v) is 3.96. The molecule has 1 aliphatic heterocycles. The number of allylic oxidation sites excluding steroid dienone is 1.